The van der Waals surface area contributed by atoms with Gasteiger partial charge in [-0.15, -0.1) is 0 Å². The number of benzene rings is 1. The number of nitrogens with one attached hydrogen (secondary N) is 1. The van der Waals surface area contributed by atoms with Crippen LogP contribution in [0.2, 0.25) is 0 Å². The summed E-state index contributed by atoms with van der Waals surface area (Å²) in [7, 11) is 1.86. The van der Waals surface area contributed by atoms with Crippen LogP contribution >= 0.6 is 15.9 Å². The van der Waals surface area contributed by atoms with Gasteiger partial charge < -0.3 is 14.5 Å². The van der Waals surface area contributed by atoms with Gasteiger partial charge in [0.2, 0.25) is 0 Å². The highest BCUT2D eigenvalue weighted by Gasteiger charge is 2.08. The summed E-state index contributed by atoms with van der Waals surface area (Å²) < 4.78 is 11.9. The van der Waals surface area contributed by atoms with E-state index in [1.54, 1.807) is 6.26 Å². The third kappa shape index (κ3) is 2.91. The van der Waals surface area contributed by atoms with Gasteiger partial charge in [-0.2, -0.15) is 4.98 Å². The van der Waals surface area contributed by atoms with E-state index in [0.29, 0.717) is 6.54 Å². The molecule has 0 radical (unpaired) electrons. The lowest BCUT2D eigenvalue weighted by Gasteiger charge is -2.06. The van der Waals surface area contributed by atoms with Crippen LogP contribution in [0.3, 0.4) is 0 Å². The molecule has 1 heterocycles. The zero-order valence-electron chi connectivity index (χ0n) is 10.6. The molecule has 1 aromatic carbocycles. The van der Waals surface area contributed by atoms with Gasteiger partial charge >= 0.3 is 6.08 Å². The quantitative estimate of drug-likeness (QED) is 0.938. The minimum atomic E-state index is 0.265. The minimum absolute atomic E-state index is 0.265. The molecule has 0 saturated heterocycles. The van der Waals surface area contributed by atoms with Crippen molar-refractivity contribution in [2.24, 2.45) is 0 Å². The lowest BCUT2D eigenvalue weighted by Crippen LogP contribution is -2.04. The van der Waals surface area contributed by atoms with Crippen molar-refractivity contribution in [1.29, 1.82) is 0 Å². The van der Waals surface area contributed by atoms with Crippen molar-refractivity contribution in [2.75, 3.05) is 7.05 Å². The average molecular weight is 311 g/mol. The molecule has 4 nitrogen and oxygen atoms in total. The third-order valence-electron chi connectivity index (χ3n) is 2.50. The Morgan fingerprint density at radius 1 is 1.33 bits per heavy atom. The lowest BCUT2D eigenvalue weighted by molar-refractivity contribution is 0.330. The first-order valence-corrected chi connectivity index (χ1v) is 6.43. The molecule has 0 spiro atoms. The maximum absolute atomic E-state index is 5.60. The summed E-state index contributed by atoms with van der Waals surface area (Å²) in [5.74, 6) is 0.728. The molecule has 2 aromatic rings. The first-order chi connectivity index (χ1) is 8.60. The van der Waals surface area contributed by atoms with E-state index in [-0.39, 0.29) is 6.08 Å². The van der Waals surface area contributed by atoms with Crippen molar-refractivity contribution in [3.05, 3.63) is 39.7 Å². The number of nitrogens with zero attached hydrogens (tertiary/aromatic N) is 1. The fourth-order valence-corrected chi connectivity index (χ4v) is 1.89. The predicted molar refractivity (Wildman–Crippen MR) is 73.0 cm³/mol. The van der Waals surface area contributed by atoms with Gasteiger partial charge in [0.05, 0.1) is 5.69 Å². The van der Waals surface area contributed by atoms with Gasteiger partial charge in [-0.1, -0.05) is 15.9 Å². The van der Waals surface area contributed by atoms with E-state index >= 15 is 0 Å². The monoisotopic (exact) mass is 310 g/mol. The van der Waals surface area contributed by atoms with Gasteiger partial charge in [0, 0.05) is 11.0 Å². The number of aromatic nitrogens is 1. The van der Waals surface area contributed by atoms with Crippen LogP contribution < -0.4 is 10.1 Å². The van der Waals surface area contributed by atoms with Crippen LogP contribution in [0, 0.1) is 13.8 Å². The molecule has 0 unspecified atom stereocenters. The lowest BCUT2D eigenvalue weighted by atomic mass is 10.1. The van der Waals surface area contributed by atoms with Crippen molar-refractivity contribution in [3.8, 4) is 11.8 Å². The molecule has 1 N–H and O–H groups in total. The van der Waals surface area contributed by atoms with E-state index in [0.717, 1.165) is 27.0 Å². The summed E-state index contributed by atoms with van der Waals surface area (Å²) in [6, 6.07) is 3.89. The number of hydrogen-bond donors (Lipinski definition) is 1. The highest BCUT2D eigenvalue weighted by molar-refractivity contribution is 9.10. The molecular formula is C13H15BrN2O2. The summed E-state index contributed by atoms with van der Waals surface area (Å²) in [5, 5.41) is 3.00. The largest absolute Gasteiger partial charge is 0.417 e. The average Bonchev–Trinajstić information content (AvgIpc) is 2.74. The maximum atomic E-state index is 5.60. The van der Waals surface area contributed by atoms with E-state index in [1.165, 1.54) is 0 Å². The Hall–Kier alpha value is -1.33. The minimum Gasteiger partial charge on any atom is -0.417 e. The van der Waals surface area contributed by atoms with Crippen LogP contribution in [0.5, 0.6) is 11.8 Å². The molecule has 0 fully saturated rings. The number of ether oxygens (including phenoxy) is 1. The van der Waals surface area contributed by atoms with Crippen molar-refractivity contribution in [3.63, 3.8) is 0 Å². The van der Waals surface area contributed by atoms with Crippen LogP contribution in [0.15, 0.2) is 27.3 Å². The van der Waals surface area contributed by atoms with Crippen molar-refractivity contribution in [2.45, 2.75) is 20.4 Å². The molecule has 2 rings (SSSR count). The third-order valence-corrected chi connectivity index (χ3v) is 3.75. The van der Waals surface area contributed by atoms with Gasteiger partial charge in [-0.05, 0) is 44.2 Å². The Morgan fingerprint density at radius 2 is 2.00 bits per heavy atom. The molecule has 0 aliphatic carbocycles. The highest BCUT2D eigenvalue weighted by Crippen LogP contribution is 2.29. The van der Waals surface area contributed by atoms with E-state index < -0.39 is 0 Å². The summed E-state index contributed by atoms with van der Waals surface area (Å²) in [6.07, 6.45) is 1.85. The van der Waals surface area contributed by atoms with E-state index in [4.69, 9.17) is 9.15 Å². The summed E-state index contributed by atoms with van der Waals surface area (Å²) in [4.78, 5) is 4.21. The van der Waals surface area contributed by atoms with Crippen LogP contribution in [0.4, 0.5) is 0 Å². The maximum Gasteiger partial charge on any atom is 0.399 e. The summed E-state index contributed by atoms with van der Waals surface area (Å²) in [6.45, 7) is 4.70. The Kier molecular flexibility index (Phi) is 4.04. The molecule has 0 aliphatic rings. The topological polar surface area (TPSA) is 47.3 Å². The molecule has 0 amide bonds. The zero-order valence-corrected chi connectivity index (χ0v) is 12.2. The Balaban J connectivity index is 2.17. The van der Waals surface area contributed by atoms with Crippen LogP contribution in [-0.4, -0.2) is 12.0 Å². The number of aryl methyl sites for hydroxylation is 2. The molecule has 1 aromatic heterocycles. The molecule has 0 bridgehead atoms. The fourth-order valence-electron chi connectivity index (χ4n) is 1.66. The zero-order chi connectivity index (χ0) is 13.1. The molecular weight excluding hydrogens is 296 g/mol. The normalized spacial score (nSPS) is 10.7. The predicted octanol–water partition coefficient (Wildman–Crippen LogP) is 3.57. The van der Waals surface area contributed by atoms with Gasteiger partial charge in [0.15, 0.2) is 0 Å². The molecule has 0 aliphatic heterocycles. The number of halogens is 1. The van der Waals surface area contributed by atoms with Gasteiger partial charge in [0.1, 0.15) is 12.0 Å². The van der Waals surface area contributed by atoms with Crippen molar-refractivity contribution >= 4 is 15.9 Å². The smallest absolute Gasteiger partial charge is 0.399 e. The summed E-state index contributed by atoms with van der Waals surface area (Å²) >= 11 is 3.52. The number of rotatable bonds is 4. The molecule has 0 atom stereocenters. The van der Waals surface area contributed by atoms with Gasteiger partial charge in [-0.25, -0.2) is 0 Å². The second-order valence-corrected chi connectivity index (χ2v) is 4.90. The standard InChI is InChI=1S/C13H15BrN2O2/c1-8-4-11(5-9(2)12(8)14)18-13-16-10(6-15-3)7-17-13/h4-5,7,15H,6H2,1-3H3. The first-order valence-electron chi connectivity index (χ1n) is 5.63. The van der Waals surface area contributed by atoms with Crippen LogP contribution in [0.1, 0.15) is 16.8 Å². The van der Waals surface area contributed by atoms with Crippen molar-refractivity contribution in [1.82, 2.24) is 10.3 Å². The molecule has 5 heteroatoms. The molecule has 96 valence electrons. The second kappa shape index (κ2) is 5.54. The van der Waals surface area contributed by atoms with Gasteiger partial charge in [-0.3, -0.25) is 0 Å². The summed E-state index contributed by atoms with van der Waals surface area (Å²) in [5.41, 5.74) is 3.05. The van der Waals surface area contributed by atoms with Crippen LogP contribution in [0.25, 0.3) is 0 Å². The van der Waals surface area contributed by atoms with E-state index in [2.05, 4.69) is 26.2 Å². The number of hydrogen-bond acceptors (Lipinski definition) is 4. The first kappa shape index (κ1) is 13.1. The van der Waals surface area contributed by atoms with Gasteiger partial charge in [0.25, 0.3) is 0 Å². The Labute approximate surface area is 114 Å². The fraction of sp³-hybridized carbons (Fsp3) is 0.308. The van der Waals surface area contributed by atoms with Crippen molar-refractivity contribution < 1.29 is 9.15 Å². The molecule has 0 saturated carbocycles. The second-order valence-electron chi connectivity index (χ2n) is 4.11. The number of oxazole rings is 1. The Bertz CT molecular complexity index is 529. The molecule has 18 heavy (non-hydrogen) atoms. The SMILES string of the molecule is CNCc1coc(Oc2cc(C)c(Br)c(C)c2)n1. The highest BCUT2D eigenvalue weighted by atomic mass is 79.9. The Morgan fingerprint density at radius 3 is 2.61 bits per heavy atom. The van der Waals surface area contributed by atoms with Crippen LogP contribution in [-0.2, 0) is 6.54 Å². The van der Waals surface area contributed by atoms with E-state index in [9.17, 15) is 0 Å². The van der Waals surface area contributed by atoms with E-state index in [1.807, 2.05) is 33.0 Å².